The summed E-state index contributed by atoms with van der Waals surface area (Å²) in [6.07, 6.45) is 2.41. The third kappa shape index (κ3) is 2.36. The predicted octanol–water partition coefficient (Wildman–Crippen LogP) is 1.03. The number of carbonyl (C=O) groups is 1. The number of nitrogens with zero attached hydrogens (tertiary/aromatic N) is 2. The molecule has 0 aliphatic rings. The van der Waals surface area contributed by atoms with Crippen molar-refractivity contribution in [1.29, 1.82) is 0 Å². The Labute approximate surface area is 94.3 Å². The van der Waals surface area contributed by atoms with E-state index in [1.54, 1.807) is 7.05 Å². The van der Waals surface area contributed by atoms with E-state index in [0.29, 0.717) is 6.54 Å². The molecule has 0 saturated heterocycles. The number of carbonyl (C=O) groups excluding carboxylic acids is 1. The first-order valence-corrected chi connectivity index (χ1v) is 4.98. The van der Waals surface area contributed by atoms with E-state index in [2.05, 4.69) is 4.98 Å². The molecule has 0 atom stereocenters. The first kappa shape index (κ1) is 12.6. The minimum atomic E-state index is -0.618. The van der Waals surface area contributed by atoms with Gasteiger partial charge in [0.25, 0.3) is 5.91 Å². The maximum absolute atomic E-state index is 13.4. The lowest BCUT2D eigenvalue weighted by molar-refractivity contribution is 0.0635. The molecule has 0 aliphatic carbocycles. The summed E-state index contributed by atoms with van der Waals surface area (Å²) in [5.41, 5.74) is 5.07. The molecular formula is C11H16FN3O. The van der Waals surface area contributed by atoms with Crippen molar-refractivity contribution < 1.29 is 9.18 Å². The van der Waals surface area contributed by atoms with Crippen LogP contribution >= 0.6 is 0 Å². The minimum Gasteiger partial charge on any atom is -0.335 e. The maximum Gasteiger partial charge on any atom is 0.257 e. The van der Waals surface area contributed by atoms with E-state index >= 15 is 0 Å². The lowest BCUT2D eigenvalue weighted by Crippen LogP contribution is -2.50. The Bertz CT molecular complexity index is 393. The number of amides is 1. The number of aromatic nitrogens is 1. The molecule has 2 N–H and O–H groups in total. The lowest BCUT2D eigenvalue weighted by atomic mass is 10.0. The second kappa shape index (κ2) is 4.57. The molecule has 1 heterocycles. The van der Waals surface area contributed by atoms with Crippen molar-refractivity contribution in [2.75, 3.05) is 13.6 Å². The molecule has 1 rings (SSSR count). The summed E-state index contributed by atoms with van der Waals surface area (Å²) in [6, 6.07) is 1.36. The zero-order valence-corrected chi connectivity index (χ0v) is 9.70. The predicted molar refractivity (Wildman–Crippen MR) is 59.4 cm³/mol. The molecule has 5 heteroatoms. The highest BCUT2D eigenvalue weighted by Crippen LogP contribution is 2.15. The second-order valence-electron chi connectivity index (χ2n) is 4.24. The minimum absolute atomic E-state index is 0.0130. The van der Waals surface area contributed by atoms with Crippen LogP contribution in [0, 0.1) is 5.82 Å². The van der Waals surface area contributed by atoms with Gasteiger partial charge < -0.3 is 10.6 Å². The number of rotatable bonds is 3. The Morgan fingerprint density at radius 1 is 1.62 bits per heavy atom. The van der Waals surface area contributed by atoms with Crippen molar-refractivity contribution in [3.63, 3.8) is 0 Å². The van der Waals surface area contributed by atoms with E-state index in [1.165, 1.54) is 17.2 Å². The lowest BCUT2D eigenvalue weighted by Gasteiger charge is -2.34. The van der Waals surface area contributed by atoms with Gasteiger partial charge in [-0.1, -0.05) is 0 Å². The van der Waals surface area contributed by atoms with Crippen molar-refractivity contribution >= 4 is 5.91 Å². The molecule has 4 nitrogen and oxygen atoms in total. The monoisotopic (exact) mass is 225 g/mol. The van der Waals surface area contributed by atoms with Gasteiger partial charge in [0.15, 0.2) is 5.82 Å². The van der Waals surface area contributed by atoms with E-state index in [-0.39, 0.29) is 5.56 Å². The average Bonchev–Trinajstić information content (AvgIpc) is 2.27. The Kier molecular flexibility index (Phi) is 3.59. The number of hydrogen-bond acceptors (Lipinski definition) is 3. The summed E-state index contributed by atoms with van der Waals surface area (Å²) >= 11 is 0. The van der Waals surface area contributed by atoms with Crippen molar-refractivity contribution in [2.45, 2.75) is 19.4 Å². The van der Waals surface area contributed by atoms with E-state index < -0.39 is 17.3 Å². The molecule has 0 aliphatic heterocycles. The van der Waals surface area contributed by atoms with E-state index in [4.69, 9.17) is 5.73 Å². The van der Waals surface area contributed by atoms with Crippen LogP contribution in [0.15, 0.2) is 18.5 Å². The summed E-state index contributed by atoms with van der Waals surface area (Å²) in [5.74, 6) is -1.01. The number of likely N-dealkylation sites (N-methyl/N-ethyl adjacent to an activating group) is 1. The van der Waals surface area contributed by atoms with Crippen LogP contribution in [0.1, 0.15) is 24.2 Å². The summed E-state index contributed by atoms with van der Waals surface area (Å²) in [7, 11) is 1.61. The molecule has 0 saturated carbocycles. The molecule has 0 aromatic carbocycles. The molecule has 1 aromatic rings. The van der Waals surface area contributed by atoms with Crippen LogP contribution in [0.5, 0.6) is 0 Å². The molecular weight excluding hydrogens is 209 g/mol. The third-order valence-electron chi connectivity index (χ3n) is 2.72. The average molecular weight is 225 g/mol. The quantitative estimate of drug-likeness (QED) is 0.835. The molecule has 1 aromatic heterocycles. The topological polar surface area (TPSA) is 59.2 Å². The van der Waals surface area contributed by atoms with Gasteiger partial charge in [0.05, 0.1) is 11.8 Å². The van der Waals surface area contributed by atoms with E-state index in [1.807, 2.05) is 13.8 Å². The van der Waals surface area contributed by atoms with Crippen molar-refractivity contribution in [2.24, 2.45) is 5.73 Å². The summed E-state index contributed by atoms with van der Waals surface area (Å²) < 4.78 is 13.4. The van der Waals surface area contributed by atoms with Gasteiger partial charge >= 0.3 is 0 Å². The molecule has 0 fully saturated rings. The zero-order chi connectivity index (χ0) is 12.3. The Morgan fingerprint density at radius 2 is 2.25 bits per heavy atom. The van der Waals surface area contributed by atoms with E-state index in [0.717, 1.165) is 6.20 Å². The van der Waals surface area contributed by atoms with Gasteiger partial charge in [-0.3, -0.25) is 9.78 Å². The molecule has 0 spiro atoms. The van der Waals surface area contributed by atoms with Crippen LogP contribution in [-0.4, -0.2) is 34.9 Å². The number of hydrogen-bond donors (Lipinski definition) is 1. The van der Waals surface area contributed by atoms with Gasteiger partial charge in [-0.05, 0) is 19.9 Å². The Morgan fingerprint density at radius 3 is 2.75 bits per heavy atom. The largest absolute Gasteiger partial charge is 0.335 e. The zero-order valence-electron chi connectivity index (χ0n) is 9.70. The molecule has 0 radical (unpaired) electrons. The van der Waals surface area contributed by atoms with Gasteiger partial charge in [0.1, 0.15) is 0 Å². The summed E-state index contributed by atoms with van der Waals surface area (Å²) in [4.78, 5) is 17.0. The Hall–Kier alpha value is -1.49. The van der Waals surface area contributed by atoms with Gasteiger partial charge in [-0.15, -0.1) is 0 Å². The van der Waals surface area contributed by atoms with Crippen LogP contribution in [0.25, 0.3) is 0 Å². The highest BCUT2D eigenvalue weighted by molar-refractivity contribution is 5.94. The second-order valence-corrected chi connectivity index (χ2v) is 4.24. The SMILES string of the molecule is CN(C(=O)c1ccncc1F)C(C)(C)CN. The van der Waals surface area contributed by atoms with E-state index in [9.17, 15) is 9.18 Å². The smallest absolute Gasteiger partial charge is 0.257 e. The summed E-state index contributed by atoms with van der Waals surface area (Å²) in [5, 5.41) is 0. The van der Waals surface area contributed by atoms with Crippen LogP contribution < -0.4 is 5.73 Å². The molecule has 0 unspecified atom stereocenters. The first-order chi connectivity index (χ1) is 7.40. The normalized spacial score (nSPS) is 11.3. The highest BCUT2D eigenvalue weighted by Gasteiger charge is 2.28. The fraction of sp³-hybridized carbons (Fsp3) is 0.455. The van der Waals surface area contributed by atoms with Crippen LogP contribution in [0.4, 0.5) is 4.39 Å². The summed E-state index contributed by atoms with van der Waals surface area (Å²) in [6.45, 7) is 3.95. The van der Waals surface area contributed by atoms with Gasteiger partial charge in [0, 0.05) is 25.3 Å². The third-order valence-corrected chi connectivity index (χ3v) is 2.72. The maximum atomic E-state index is 13.4. The van der Waals surface area contributed by atoms with Gasteiger partial charge in [-0.25, -0.2) is 4.39 Å². The standard InChI is InChI=1S/C11H16FN3O/c1-11(2,7-13)15(3)10(16)8-4-5-14-6-9(8)12/h4-6H,7,13H2,1-3H3. The molecule has 88 valence electrons. The highest BCUT2D eigenvalue weighted by atomic mass is 19.1. The number of halogens is 1. The van der Waals surface area contributed by atoms with Crippen LogP contribution in [0.3, 0.4) is 0 Å². The fourth-order valence-electron chi connectivity index (χ4n) is 1.14. The van der Waals surface area contributed by atoms with Crippen LogP contribution in [-0.2, 0) is 0 Å². The Balaban J connectivity index is 3.00. The van der Waals surface area contributed by atoms with Crippen molar-refractivity contribution in [1.82, 2.24) is 9.88 Å². The number of pyridine rings is 1. The van der Waals surface area contributed by atoms with Crippen molar-refractivity contribution in [3.05, 3.63) is 29.8 Å². The molecule has 0 bridgehead atoms. The van der Waals surface area contributed by atoms with Crippen molar-refractivity contribution in [3.8, 4) is 0 Å². The molecule has 16 heavy (non-hydrogen) atoms. The first-order valence-electron chi connectivity index (χ1n) is 4.98. The molecule has 1 amide bonds. The fourth-order valence-corrected chi connectivity index (χ4v) is 1.14. The van der Waals surface area contributed by atoms with Crippen LogP contribution in [0.2, 0.25) is 0 Å². The van der Waals surface area contributed by atoms with Gasteiger partial charge in [-0.2, -0.15) is 0 Å². The number of nitrogens with two attached hydrogens (primary N) is 1. The van der Waals surface area contributed by atoms with Gasteiger partial charge in [0.2, 0.25) is 0 Å².